The van der Waals surface area contributed by atoms with E-state index in [1.54, 1.807) is 6.33 Å². The maximum Gasteiger partial charge on any atom is 0.139 e. The molecule has 1 fully saturated rings. The smallest absolute Gasteiger partial charge is 0.139 e. The summed E-state index contributed by atoms with van der Waals surface area (Å²) in [4.78, 5) is 11.3. The van der Waals surface area contributed by atoms with Crippen LogP contribution in [0.25, 0.3) is 10.9 Å². The number of nitrogens with two attached hydrogens (primary N) is 1. The van der Waals surface area contributed by atoms with Crippen LogP contribution in [0, 0.1) is 5.41 Å². The number of rotatable bonds is 1. The lowest BCUT2D eigenvalue weighted by Gasteiger charge is -2.24. The number of anilines is 2. The van der Waals surface area contributed by atoms with Crippen molar-refractivity contribution in [3.05, 3.63) is 24.5 Å². The Balaban J connectivity index is 1.97. The Morgan fingerprint density at radius 3 is 2.85 bits per heavy atom. The minimum absolute atomic E-state index is 0.433. The van der Waals surface area contributed by atoms with Gasteiger partial charge in [0.2, 0.25) is 0 Å². The fourth-order valence-corrected chi connectivity index (χ4v) is 2.95. The Bertz CT molecular complexity index is 621. The zero-order chi connectivity index (χ0) is 14.2. The number of aromatic nitrogens is 2. The molecule has 4 heteroatoms. The third-order valence-corrected chi connectivity index (χ3v) is 4.28. The lowest BCUT2D eigenvalue weighted by atomic mass is 9.85. The highest BCUT2D eigenvalue weighted by Gasteiger charge is 2.24. The molecule has 2 aromatic rings. The van der Waals surface area contributed by atoms with E-state index >= 15 is 0 Å². The SMILES string of the molecule is CC1(C)CCCN(c2ncnc3cc(N)ccc23)CC1. The molecule has 20 heavy (non-hydrogen) atoms. The number of nitrogen functional groups attached to an aromatic ring is 1. The van der Waals surface area contributed by atoms with Gasteiger partial charge in [-0.3, -0.25) is 0 Å². The van der Waals surface area contributed by atoms with Crippen LogP contribution in [0.1, 0.15) is 33.1 Å². The first kappa shape index (κ1) is 13.2. The molecular formula is C16H22N4. The molecule has 0 spiro atoms. The van der Waals surface area contributed by atoms with Gasteiger partial charge in [-0.05, 0) is 42.9 Å². The molecule has 0 unspecified atom stereocenters. The summed E-state index contributed by atoms with van der Waals surface area (Å²) in [5, 5.41) is 1.10. The zero-order valence-corrected chi connectivity index (χ0v) is 12.3. The zero-order valence-electron chi connectivity index (χ0n) is 12.3. The van der Waals surface area contributed by atoms with Crippen LogP contribution < -0.4 is 10.6 Å². The van der Waals surface area contributed by atoms with Crippen LogP contribution in [-0.4, -0.2) is 23.1 Å². The fourth-order valence-electron chi connectivity index (χ4n) is 2.95. The van der Waals surface area contributed by atoms with Gasteiger partial charge in [0.1, 0.15) is 12.1 Å². The topological polar surface area (TPSA) is 55.0 Å². The van der Waals surface area contributed by atoms with Gasteiger partial charge >= 0.3 is 0 Å². The van der Waals surface area contributed by atoms with Crippen LogP contribution in [0.2, 0.25) is 0 Å². The average Bonchev–Trinajstić information content (AvgIpc) is 2.59. The van der Waals surface area contributed by atoms with Crippen molar-refractivity contribution >= 4 is 22.4 Å². The van der Waals surface area contributed by atoms with Crippen LogP contribution in [0.3, 0.4) is 0 Å². The van der Waals surface area contributed by atoms with Crippen molar-refractivity contribution in [2.75, 3.05) is 23.7 Å². The van der Waals surface area contributed by atoms with E-state index in [0.717, 1.165) is 35.5 Å². The molecule has 2 heterocycles. The highest BCUT2D eigenvalue weighted by atomic mass is 15.2. The number of nitrogens with zero attached hydrogens (tertiary/aromatic N) is 3. The van der Waals surface area contributed by atoms with Crippen molar-refractivity contribution in [2.45, 2.75) is 33.1 Å². The van der Waals surface area contributed by atoms with Gasteiger partial charge < -0.3 is 10.6 Å². The average molecular weight is 270 g/mol. The molecule has 1 saturated heterocycles. The van der Waals surface area contributed by atoms with Gasteiger partial charge in [-0.15, -0.1) is 0 Å². The van der Waals surface area contributed by atoms with Crippen LogP contribution in [-0.2, 0) is 0 Å². The van der Waals surface area contributed by atoms with Crippen molar-refractivity contribution < 1.29 is 0 Å². The van der Waals surface area contributed by atoms with Crippen molar-refractivity contribution in [3.63, 3.8) is 0 Å². The van der Waals surface area contributed by atoms with Gasteiger partial charge in [-0.25, -0.2) is 9.97 Å². The minimum atomic E-state index is 0.433. The molecule has 0 bridgehead atoms. The van der Waals surface area contributed by atoms with E-state index in [9.17, 15) is 0 Å². The third kappa shape index (κ3) is 2.55. The van der Waals surface area contributed by atoms with E-state index in [0.29, 0.717) is 5.41 Å². The van der Waals surface area contributed by atoms with Crippen molar-refractivity contribution in [1.82, 2.24) is 9.97 Å². The highest BCUT2D eigenvalue weighted by Crippen LogP contribution is 2.33. The van der Waals surface area contributed by atoms with Crippen molar-refractivity contribution in [3.8, 4) is 0 Å². The number of hydrogen-bond donors (Lipinski definition) is 1. The molecule has 1 aliphatic rings. The molecule has 0 radical (unpaired) electrons. The Labute approximate surface area is 120 Å². The summed E-state index contributed by atoms with van der Waals surface area (Å²) in [5.74, 6) is 1.05. The predicted molar refractivity (Wildman–Crippen MR) is 83.8 cm³/mol. The standard InChI is InChI=1S/C16H22N4/c1-16(2)6-3-8-20(9-7-16)15-13-5-4-12(17)10-14(13)18-11-19-15/h4-5,10-11H,3,6-9,17H2,1-2H3. The fraction of sp³-hybridized carbons (Fsp3) is 0.500. The van der Waals surface area contributed by atoms with Crippen LogP contribution in [0.15, 0.2) is 24.5 Å². The van der Waals surface area contributed by atoms with E-state index in [4.69, 9.17) is 5.73 Å². The number of benzene rings is 1. The molecule has 0 amide bonds. The molecule has 1 aromatic carbocycles. The van der Waals surface area contributed by atoms with E-state index in [1.807, 2.05) is 18.2 Å². The summed E-state index contributed by atoms with van der Waals surface area (Å²) >= 11 is 0. The number of hydrogen-bond acceptors (Lipinski definition) is 4. The van der Waals surface area contributed by atoms with E-state index in [2.05, 4.69) is 28.7 Å². The van der Waals surface area contributed by atoms with Gasteiger partial charge in [0.15, 0.2) is 0 Å². The molecule has 2 N–H and O–H groups in total. The lowest BCUT2D eigenvalue weighted by Crippen LogP contribution is -2.26. The summed E-state index contributed by atoms with van der Waals surface area (Å²) in [5.41, 5.74) is 7.95. The van der Waals surface area contributed by atoms with Crippen LogP contribution in [0.5, 0.6) is 0 Å². The second kappa shape index (κ2) is 4.93. The highest BCUT2D eigenvalue weighted by molar-refractivity contribution is 5.91. The molecule has 4 nitrogen and oxygen atoms in total. The van der Waals surface area contributed by atoms with E-state index < -0.39 is 0 Å². The number of fused-ring (bicyclic) bond motifs is 1. The van der Waals surface area contributed by atoms with Crippen molar-refractivity contribution in [2.24, 2.45) is 5.41 Å². The Morgan fingerprint density at radius 1 is 1.15 bits per heavy atom. The van der Waals surface area contributed by atoms with Gasteiger partial charge in [-0.1, -0.05) is 13.8 Å². The Kier molecular flexibility index (Phi) is 3.24. The van der Waals surface area contributed by atoms with Crippen LogP contribution in [0.4, 0.5) is 11.5 Å². The van der Waals surface area contributed by atoms with Gasteiger partial charge in [0.05, 0.1) is 5.52 Å². The second-order valence-electron chi connectivity index (χ2n) is 6.48. The first-order valence-corrected chi connectivity index (χ1v) is 7.30. The largest absolute Gasteiger partial charge is 0.399 e. The third-order valence-electron chi connectivity index (χ3n) is 4.28. The molecular weight excluding hydrogens is 248 g/mol. The van der Waals surface area contributed by atoms with Gasteiger partial charge in [0, 0.05) is 24.2 Å². The molecule has 1 aliphatic heterocycles. The predicted octanol–water partition coefficient (Wildman–Crippen LogP) is 3.23. The summed E-state index contributed by atoms with van der Waals surface area (Å²) in [6, 6.07) is 5.88. The maximum atomic E-state index is 5.84. The lowest BCUT2D eigenvalue weighted by molar-refractivity contribution is 0.325. The summed E-state index contributed by atoms with van der Waals surface area (Å²) in [6.07, 6.45) is 5.34. The minimum Gasteiger partial charge on any atom is -0.399 e. The molecule has 0 saturated carbocycles. The molecule has 0 aliphatic carbocycles. The summed E-state index contributed by atoms with van der Waals surface area (Å²) in [7, 11) is 0. The van der Waals surface area contributed by atoms with Crippen molar-refractivity contribution in [1.29, 1.82) is 0 Å². The molecule has 3 rings (SSSR count). The molecule has 1 aromatic heterocycles. The monoisotopic (exact) mass is 270 g/mol. The summed E-state index contributed by atoms with van der Waals surface area (Å²) in [6.45, 7) is 6.84. The first-order chi connectivity index (χ1) is 9.55. The normalized spacial score (nSPS) is 19.0. The molecule has 106 valence electrons. The quantitative estimate of drug-likeness (QED) is 0.808. The Hall–Kier alpha value is -1.84. The van der Waals surface area contributed by atoms with Gasteiger partial charge in [0.25, 0.3) is 0 Å². The summed E-state index contributed by atoms with van der Waals surface area (Å²) < 4.78 is 0. The van der Waals surface area contributed by atoms with Crippen LogP contribution >= 0.6 is 0 Å². The maximum absolute atomic E-state index is 5.84. The van der Waals surface area contributed by atoms with E-state index in [1.165, 1.54) is 19.3 Å². The van der Waals surface area contributed by atoms with Gasteiger partial charge in [-0.2, -0.15) is 0 Å². The first-order valence-electron chi connectivity index (χ1n) is 7.30. The second-order valence-corrected chi connectivity index (χ2v) is 6.48. The van der Waals surface area contributed by atoms with E-state index in [-0.39, 0.29) is 0 Å². The molecule has 0 atom stereocenters. The Morgan fingerprint density at radius 2 is 2.00 bits per heavy atom.